The van der Waals surface area contributed by atoms with Crippen LogP contribution in [0.15, 0.2) is 72.2 Å². The summed E-state index contributed by atoms with van der Waals surface area (Å²) in [4.78, 5) is 11.4. The molecule has 0 saturated carbocycles. The second-order valence-electron chi connectivity index (χ2n) is 7.75. The van der Waals surface area contributed by atoms with Crippen molar-refractivity contribution >= 4 is 29.9 Å². The van der Waals surface area contributed by atoms with E-state index in [2.05, 4.69) is 75.0 Å². The molecule has 32 heavy (non-hydrogen) atoms. The highest BCUT2D eigenvalue weighted by atomic mass is 127. The van der Waals surface area contributed by atoms with Crippen molar-refractivity contribution in [2.24, 2.45) is 4.99 Å². The summed E-state index contributed by atoms with van der Waals surface area (Å²) < 4.78 is 1.75. The number of guanidine groups is 1. The molecule has 2 heterocycles. The van der Waals surface area contributed by atoms with E-state index in [4.69, 9.17) is 4.99 Å². The van der Waals surface area contributed by atoms with Crippen LogP contribution in [0.5, 0.6) is 0 Å². The predicted octanol–water partition coefficient (Wildman–Crippen LogP) is 3.78. The first kappa shape index (κ1) is 24.2. The third-order valence-electron chi connectivity index (χ3n) is 5.61. The van der Waals surface area contributed by atoms with Gasteiger partial charge in [-0.25, -0.2) is 14.7 Å². The molecule has 0 spiro atoms. The number of benzene rings is 2. The van der Waals surface area contributed by atoms with Gasteiger partial charge in [0, 0.05) is 13.1 Å². The number of rotatable bonds is 8. The van der Waals surface area contributed by atoms with Gasteiger partial charge < -0.3 is 10.6 Å². The molecule has 4 rings (SSSR count). The fraction of sp³-hybridized carbons (Fsp3) is 0.375. The third kappa shape index (κ3) is 6.52. The van der Waals surface area contributed by atoms with Gasteiger partial charge in [-0.15, -0.1) is 24.0 Å². The molecule has 1 aliphatic heterocycles. The lowest BCUT2D eigenvalue weighted by molar-refractivity contribution is 0.245. The van der Waals surface area contributed by atoms with Gasteiger partial charge >= 0.3 is 0 Å². The molecule has 1 aromatic heterocycles. The molecule has 3 aromatic rings. The van der Waals surface area contributed by atoms with Crippen LogP contribution in [0.2, 0.25) is 0 Å². The summed E-state index contributed by atoms with van der Waals surface area (Å²) in [5.41, 5.74) is 3.50. The maximum Gasteiger partial charge on any atom is 0.191 e. The zero-order valence-corrected chi connectivity index (χ0v) is 20.9. The van der Waals surface area contributed by atoms with Crippen molar-refractivity contribution in [1.82, 2.24) is 30.3 Å². The average molecular weight is 545 g/mol. The minimum atomic E-state index is 0. The molecular formula is C24H32IN7. The number of likely N-dealkylation sites (tertiary alicyclic amines) is 1. The summed E-state index contributed by atoms with van der Waals surface area (Å²) in [6.07, 6.45) is 5.80. The van der Waals surface area contributed by atoms with Gasteiger partial charge in [0.05, 0.1) is 18.3 Å². The normalized spacial score (nSPS) is 15.2. The molecule has 1 aliphatic rings. The molecule has 8 heteroatoms. The van der Waals surface area contributed by atoms with Crippen LogP contribution in [0.3, 0.4) is 0 Å². The van der Waals surface area contributed by atoms with Crippen molar-refractivity contribution in [2.75, 3.05) is 26.2 Å². The molecule has 1 unspecified atom stereocenters. The highest BCUT2D eigenvalue weighted by Gasteiger charge is 2.23. The number of nitrogens with zero attached hydrogens (tertiary/aromatic N) is 5. The van der Waals surface area contributed by atoms with E-state index >= 15 is 0 Å². The van der Waals surface area contributed by atoms with E-state index in [0.717, 1.165) is 43.4 Å². The van der Waals surface area contributed by atoms with Crippen LogP contribution >= 0.6 is 24.0 Å². The Morgan fingerprint density at radius 1 is 1.03 bits per heavy atom. The van der Waals surface area contributed by atoms with Gasteiger partial charge in [-0.2, -0.15) is 5.10 Å². The minimum absolute atomic E-state index is 0. The van der Waals surface area contributed by atoms with Gasteiger partial charge in [0.15, 0.2) is 5.96 Å². The quantitative estimate of drug-likeness (QED) is 0.256. The van der Waals surface area contributed by atoms with E-state index in [1.807, 2.05) is 12.1 Å². The van der Waals surface area contributed by atoms with Crippen LogP contribution in [0.1, 0.15) is 36.9 Å². The Hall–Kier alpha value is -2.46. The lowest BCUT2D eigenvalue weighted by Gasteiger charge is -2.29. The molecule has 0 amide bonds. The minimum Gasteiger partial charge on any atom is -0.357 e. The second-order valence-corrected chi connectivity index (χ2v) is 7.75. The van der Waals surface area contributed by atoms with Crippen LogP contribution in [0.25, 0.3) is 5.69 Å². The Labute approximate surface area is 207 Å². The SMILES string of the molecule is CCNC(=NCc1ccc(-n2cncn2)cc1)NCC(c1ccccc1)N1CCCC1.I. The summed E-state index contributed by atoms with van der Waals surface area (Å²) in [5, 5.41) is 11.1. The van der Waals surface area contributed by atoms with Gasteiger partial charge in [-0.3, -0.25) is 4.90 Å². The summed E-state index contributed by atoms with van der Waals surface area (Å²) >= 11 is 0. The lowest BCUT2D eigenvalue weighted by Crippen LogP contribution is -2.42. The van der Waals surface area contributed by atoms with Crippen LogP contribution in [-0.4, -0.2) is 51.8 Å². The smallest absolute Gasteiger partial charge is 0.191 e. The summed E-state index contributed by atoms with van der Waals surface area (Å²) in [5.74, 6) is 0.850. The van der Waals surface area contributed by atoms with E-state index < -0.39 is 0 Å². The van der Waals surface area contributed by atoms with Crippen LogP contribution < -0.4 is 10.6 Å². The lowest BCUT2D eigenvalue weighted by atomic mass is 10.1. The fourth-order valence-electron chi connectivity index (χ4n) is 3.99. The highest BCUT2D eigenvalue weighted by Crippen LogP contribution is 2.24. The van der Waals surface area contributed by atoms with Crippen LogP contribution in [0.4, 0.5) is 0 Å². The zero-order valence-electron chi connectivity index (χ0n) is 18.5. The van der Waals surface area contributed by atoms with Crippen molar-refractivity contribution in [3.63, 3.8) is 0 Å². The Balaban J connectivity index is 0.00000289. The average Bonchev–Trinajstić information content (AvgIpc) is 3.53. The van der Waals surface area contributed by atoms with E-state index in [9.17, 15) is 0 Å². The number of aliphatic imine (C=N–C) groups is 1. The van der Waals surface area contributed by atoms with Gasteiger partial charge in [0.25, 0.3) is 0 Å². The predicted molar refractivity (Wildman–Crippen MR) is 140 cm³/mol. The van der Waals surface area contributed by atoms with Gasteiger partial charge in [0.2, 0.25) is 0 Å². The van der Waals surface area contributed by atoms with Gasteiger partial charge in [-0.1, -0.05) is 42.5 Å². The maximum absolute atomic E-state index is 4.81. The standard InChI is InChI=1S/C24H31N7.HI/c1-2-26-24(27-16-20-10-12-22(13-11-20)31-19-25-18-29-31)28-17-23(30-14-6-7-15-30)21-8-4-3-5-9-21;/h3-5,8-13,18-19,23H,2,6-7,14-17H2,1H3,(H2,26,27,28);1H. The molecule has 0 bridgehead atoms. The molecular weight excluding hydrogens is 513 g/mol. The van der Waals surface area contributed by atoms with Crippen molar-refractivity contribution in [3.05, 3.63) is 78.4 Å². The Kier molecular flexibility index (Phi) is 9.48. The number of halogens is 1. The van der Waals surface area contributed by atoms with Crippen LogP contribution in [-0.2, 0) is 6.54 Å². The third-order valence-corrected chi connectivity index (χ3v) is 5.61. The first-order valence-corrected chi connectivity index (χ1v) is 11.1. The van der Waals surface area contributed by atoms with E-state index in [0.29, 0.717) is 12.6 Å². The topological polar surface area (TPSA) is 70.4 Å². The van der Waals surface area contributed by atoms with Crippen molar-refractivity contribution in [3.8, 4) is 5.69 Å². The molecule has 1 atom stereocenters. The fourth-order valence-corrected chi connectivity index (χ4v) is 3.99. The number of aromatic nitrogens is 3. The summed E-state index contributed by atoms with van der Waals surface area (Å²) in [6.45, 7) is 6.70. The van der Waals surface area contributed by atoms with E-state index in [1.165, 1.54) is 24.7 Å². The first-order chi connectivity index (χ1) is 15.3. The Morgan fingerprint density at radius 3 is 2.44 bits per heavy atom. The van der Waals surface area contributed by atoms with Gasteiger partial charge in [0.1, 0.15) is 12.7 Å². The monoisotopic (exact) mass is 545 g/mol. The molecule has 0 radical (unpaired) electrons. The zero-order chi connectivity index (χ0) is 21.3. The molecule has 7 nitrogen and oxygen atoms in total. The Morgan fingerprint density at radius 2 is 1.78 bits per heavy atom. The van der Waals surface area contributed by atoms with Gasteiger partial charge in [-0.05, 0) is 56.1 Å². The van der Waals surface area contributed by atoms with E-state index in [-0.39, 0.29) is 24.0 Å². The molecule has 0 aliphatic carbocycles. The maximum atomic E-state index is 4.81. The summed E-state index contributed by atoms with van der Waals surface area (Å²) in [6, 6.07) is 19.4. The second kappa shape index (κ2) is 12.5. The number of hydrogen-bond acceptors (Lipinski definition) is 4. The Bertz CT molecular complexity index is 936. The first-order valence-electron chi connectivity index (χ1n) is 11.1. The largest absolute Gasteiger partial charge is 0.357 e. The molecule has 2 N–H and O–H groups in total. The molecule has 2 aromatic carbocycles. The van der Waals surface area contributed by atoms with Crippen LogP contribution in [0, 0.1) is 0 Å². The number of nitrogens with one attached hydrogen (secondary N) is 2. The highest BCUT2D eigenvalue weighted by molar-refractivity contribution is 14.0. The number of hydrogen-bond donors (Lipinski definition) is 2. The molecule has 1 fully saturated rings. The van der Waals surface area contributed by atoms with Crippen molar-refractivity contribution in [1.29, 1.82) is 0 Å². The molecule has 1 saturated heterocycles. The molecule has 170 valence electrons. The van der Waals surface area contributed by atoms with E-state index in [1.54, 1.807) is 11.0 Å². The van der Waals surface area contributed by atoms with Crippen molar-refractivity contribution in [2.45, 2.75) is 32.4 Å². The summed E-state index contributed by atoms with van der Waals surface area (Å²) in [7, 11) is 0. The van der Waals surface area contributed by atoms with Crippen molar-refractivity contribution < 1.29 is 0 Å².